The van der Waals surface area contributed by atoms with Crippen LogP contribution in [0, 0.1) is 5.41 Å². The van der Waals surface area contributed by atoms with Crippen molar-refractivity contribution in [3.8, 4) is 0 Å². The number of carbonyl (C=O) groups excluding carboxylic acids is 3. The van der Waals surface area contributed by atoms with E-state index in [1.165, 1.54) is 0 Å². The molecule has 0 aromatic heterocycles. The Labute approximate surface area is 103 Å². The van der Waals surface area contributed by atoms with Gasteiger partial charge in [-0.3, -0.25) is 9.59 Å². The van der Waals surface area contributed by atoms with Gasteiger partial charge in [-0.25, -0.2) is 4.79 Å². The number of hydrogen-bond donors (Lipinski definition) is 0. The van der Waals surface area contributed by atoms with Gasteiger partial charge in [0.1, 0.15) is 0 Å². The molecule has 17 heavy (non-hydrogen) atoms. The molecule has 0 spiro atoms. The van der Waals surface area contributed by atoms with Crippen LogP contribution in [0.3, 0.4) is 0 Å². The van der Waals surface area contributed by atoms with Crippen molar-refractivity contribution in [3.05, 3.63) is 0 Å². The predicted molar refractivity (Wildman–Crippen MR) is 64.7 cm³/mol. The number of hydroxylamine groups is 2. The highest BCUT2D eigenvalue weighted by Gasteiger charge is 2.33. The number of imide groups is 1. The molecule has 1 aliphatic rings. The average molecular weight is 245 g/mol. The Morgan fingerprint density at radius 3 is 1.94 bits per heavy atom. The van der Waals surface area contributed by atoms with Crippen molar-refractivity contribution < 1.29 is 19.2 Å². The Bertz CT molecular complexity index is 288. The molecule has 100 valence electrons. The van der Waals surface area contributed by atoms with Crippen molar-refractivity contribution in [1.29, 1.82) is 0 Å². The van der Waals surface area contributed by atoms with E-state index in [0.717, 1.165) is 0 Å². The summed E-state index contributed by atoms with van der Waals surface area (Å²) in [4.78, 5) is 38.3. The number of rotatable bonds is 2. The van der Waals surface area contributed by atoms with Crippen LogP contribution in [0.4, 0.5) is 0 Å². The summed E-state index contributed by atoms with van der Waals surface area (Å²) in [6.07, 6.45) is 0.424. The Hall–Kier alpha value is -1.39. The third kappa shape index (κ3) is 5.47. The van der Waals surface area contributed by atoms with Gasteiger partial charge in [0.2, 0.25) is 0 Å². The van der Waals surface area contributed by atoms with E-state index < -0.39 is 17.8 Å². The SMILES string of the molecule is C.C.CC(C)(C)CC(=O)ON1C(=O)CCC1=O. The van der Waals surface area contributed by atoms with Gasteiger partial charge in [0.15, 0.2) is 0 Å². The Kier molecular flexibility index (Phi) is 6.74. The number of carbonyl (C=O) groups is 3. The van der Waals surface area contributed by atoms with E-state index in [-0.39, 0.29) is 39.5 Å². The zero-order chi connectivity index (χ0) is 11.6. The van der Waals surface area contributed by atoms with Crippen LogP contribution in [0.2, 0.25) is 0 Å². The Morgan fingerprint density at radius 2 is 1.59 bits per heavy atom. The monoisotopic (exact) mass is 245 g/mol. The summed E-state index contributed by atoms with van der Waals surface area (Å²) >= 11 is 0. The maximum absolute atomic E-state index is 11.3. The fraction of sp³-hybridized carbons (Fsp3) is 0.750. The first-order valence-electron chi connectivity index (χ1n) is 4.86. The zero-order valence-corrected chi connectivity index (χ0v) is 9.20. The molecule has 5 heteroatoms. The van der Waals surface area contributed by atoms with Crippen LogP contribution in [0.25, 0.3) is 0 Å². The summed E-state index contributed by atoms with van der Waals surface area (Å²) in [7, 11) is 0. The quantitative estimate of drug-likeness (QED) is 0.700. The molecule has 0 saturated carbocycles. The van der Waals surface area contributed by atoms with Gasteiger partial charge in [0.05, 0.1) is 6.42 Å². The second-order valence-corrected chi connectivity index (χ2v) is 4.78. The van der Waals surface area contributed by atoms with Gasteiger partial charge in [0.25, 0.3) is 11.8 Å². The van der Waals surface area contributed by atoms with Gasteiger partial charge in [-0.1, -0.05) is 35.6 Å². The van der Waals surface area contributed by atoms with Gasteiger partial charge in [0, 0.05) is 12.8 Å². The molecule has 1 heterocycles. The minimum atomic E-state index is -0.550. The summed E-state index contributed by atoms with van der Waals surface area (Å²) in [5.74, 6) is -1.43. The Balaban J connectivity index is 0. The number of amides is 2. The Morgan fingerprint density at radius 1 is 1.18 bits per heavy atom. The van der Waals surface area contributed by atoms with E-state index in [0.29, 0.717) is 5.06 Å². The standard InChI is InChI=1S/C10H15NO4.2CH4/c1-10(2,3)6-9(14)15-11-7(12)4-5-8(11)13;;/h4-6H2,1-3H3;2*1H4. The van der Waals surface area contributed by atoms with E-state index >= 15 is 0 Å². The van der Waals surface area contributed by atoms with Crippen LogP contribution in [0.15, 0.2) is 0 Å². The molecule has 0 aromatic carbocycles. The van der Waals surface area contributed by atoms with E-state index in [1.807, 2.05) is 20.8 Å². The lowest BCUT2D eigenvalue weighted by molar-refractivity contribution is -0.198. The van der Waals surface area contributed by atoms with E-state index in [1.54, 1.807) is 0 Å². The molecule has 0 radical (unpaired) electrons. The van der Waals surface area contributed by atoms with Crippen molar-refractivity contribution in [1.82, 2.24) is 5.06 Å². The second-order valence-electron chi connectivity index (χ2n) is 4.78. The lowest BCUT2D eigenvalue weighted by atomic mass is 9.93. The highest BCUT2D eigenvalue weighted by atomic mass is 16.7. The second kappa shape index (κ2) is 6.37. The van der Waals surface area contributed by atoms with Crippen molar-refractivity contribution >= 4 is 17.8 Å². The molecular weight excluding hydrogens is 222 g/mol. The van der Waals surface area contributed by atoms with Crippen molar-refractivity contribution in [2.24, 2.45) is 5.41 Å². The van der Waals surface area contributed by atoms with Gasteiger partial charge < -0.3 is 4.84 Å². The summed E-state index contributed by atoms with van der Waals surface area (Å²) in [6, 6.07) is 0. The van der Waals surface area contributed by atoms with E-state index in [4.69, 9.17) is 4.84 Å². The topological polar surface area (TPSA) is 63.7 Å². The van der Waals surface area contributed by atoms with Gasteiger partial charge >= 0.3 is 5.97 Å². The molecule has 0 aliphatic carbocycles. The molecule has 1 fully saturated rings. The highest BCUT2D eigenvalue weighted by molar-refractivity contribution is 6.01. The van der Waals surface area contributed by atoms with Crippen LogP contribution >= 0.6 is 0 Å². The van der Waals surface area contributed by atoms with Crippen molar-refractivity contribution in [3.63, 3.8) is 0 Å². The van der Waals surface area contributed by atoms with Gasteiger partial charge in [-0.2, -0.15) is 0 Å². The smallest absolute Gasteiger partial charge is 0.330 e. The average Bonchev–Trinajstić information content (AvgIpc) is 2.32. The first-order valence-corrected chi connectivity index (χ1v) is 4.86. The van der Waals surface area contributed by atoms with Crippen LogP contribution in [0.1, 0.15) is 54.9 Å². The molecule has 0 N–H and O–H groups in total. The molecule has 0 bridgehead atoms. The fourth-order valence-corrected chi connectivity index (χ4v) is 1.22. The lowest BCUT2D eigenvalue weighted by Gasteiger charge is -2.18. The fourth-order valence-electron chi connectivity index (χ4n) is 1.22. The van der Waals surface area contributed by atoms with E-state index in [9.17, 15) is 14.4 Å². The maximum Gasteiger partial charge on any atom is 0.333 e. The molecule has 1 saturated heterocycles. The molecule has 5 nitrogen and oxygen atoms in total. The molecular formula is C12H23NO4. The van der Waals surface area contributed by atoms with Crippen molar-refractivity contribution in [2.45, 2.75) is 54.9 Å². The van der Waals surface area contributed by atoms with Crippen LogP contribution in [-0.4, -0.2) is 22.8 Å². The molecule has 0 atom stereocenters. The number of hydrogen-bond acceptors (Lipinski definition) is 4. The normalized spacial score (nSPS) is 15.1. The van der Waals surface area contributed by atoms with Gasteiger partial charge in [-0.15, -0.1) is 5.06 Å². The third-order valence-electron chi connectivity index (χ3n) is 1.87. The predicted octanol–water partition coefficient (Wildman–Crippen LogP) is 2.30. The number of nitrogens with zero attached hydrogens (tertiary/aromatic N) is 1. The maximum atomic E-state index is 11.3. The minimum Gasteiger partial charge on any atom is -0.330 e. The summed E-state index contributed by atoms with van der Waals surface area (Å²) in [5.41, 5.74) is -0.219. The molecule has 0 aromatic rings. The highest BCUT2D eigenvalue weighted by Crippen LogP contribution is 2.20. The first kappa shape index (κ1) is 18.0. The zero-order valence-electron chi connectivity index (χ0n) is 9.20. The molecule has 0 unspecified atom stereocenters. The summed E-state index contributed by atoms with van der Waals surface area (Å²) in [6.45, 7) is 5.63. The van der Waals surface area contributed by atoms with E-state index in [2.05, 4.69) is 0 Å². The molecule has 1 aliphatic heterocycles. The van der Waals surface area contributed by atoms with Gasteiger partial charge in [-0.05, 0) is 5.41 Å². The lowest BCUT2D eigenvalue weighted by Crippen LogP contribution is -2.33. The largest absolute Gasteiger partial charge is 0.333 e. The van der Waals surface area contributed by atoms with Crippen LogP contribution < -0.4 is 0 Å². The minimum absolute atomic E-state index is 0. The van der Waals surface area contributed by atoms with Crippen LogP contribution in [0.5, 0.6) is 0 Å². The third-order valence-corrected chi connectivity index (χ3v) is 1.87. The molecule has 2 amide bonds. The van der Waals surface area contributed by atoms with Crippen LogP contribution in [-0.2, 0) is 19.2 Å². The summed E-state index contributed by atoms with van der Waals surface area (Å²) < 4.78 is 0. The summed E-state index contributed by atoms with van der Waals surface area (Å²) in [5, 5.41) is 0.577. The first-order chi connectivity index (χ1) is 6.79. The molecule has 1 rings (SSSR count). The van der Waals surface area contributed by atoms with Crippen molar-refractivity contribution in [2.75, 3.05) is 0 Å².